The van der Waals surface area contributed by atoms with E-state index in [1.165, 1.54) is 17.7 Å². The number of hydrogen-bond donors (Lipinski definition) is 1. The molecule has 2 unspecified atom stereocenters. The number of halogens is 3. The van der Waals surface area contributed by atoms with Gasteiger partial charge in [0.15, 0.2) is 0 Å². The number of allylic oxidation sites excluding steroid dienone is 3. The number of benzene rings is 1. The van der Waals surface area contributed by atoms with Crippen molar-refractivity contribution in [2.45, 2.75) is 38.9 Å². The summed E-state index contributed by atoms with van der Waals surface area (Å²) in [6.45, 7) is 5.19. The number of rotatable bonds is 2. The molecule has 1 amide bonds. The zero-order valence-corrected chi connectivity index (χ0v) is 17.0. The molecular formula is C23H24F3N3O. The molecule has 4 nitrogen and oxygen atoms in total. The van der Waals surface area contributed by atoms with Crippen molar-refractivity contribution in [3.63, 3.8) is 0 Å². The van der Waals surface area contributed by atoms with Crippen molar-refractivity contribution in [1.29, 1.82) is 0 Å². The predicted molar refractivity (Wildman–Crippen MR) is 110 cm³/mol. The van der Waals surface area contributed by atoms with E-state index in [0.717, 1.165) is 41.8 Å². The Morgan fingerprint density at radius 2 is 1.97 bits per heavy atom. The summed E-state index contributed by atoms with van der Waals surface area (Å²) >= 11 is 0. The van der Waals surface area contributed by atoms with Crippen molar-refractivity contribution >= 4 is 11.6 Å². The van der Waals surface area contributed by atoms with Crippen LogP contribution in [0.1, 0.15) is 43.9 Å². The van der Waals surface area contributed by atoms with Crippen molar-refractivity contribution in [1.82, 2.24) is 10.3 Å². The first-order valence-corrected chi connectivity index (χ1v) is 10.1. The van der Waals surface area contributed by atoms with Crippen LogP contribution in [-0.4, -0.2) is 29.6 Å². The van der Waals surface area contributed by atoms with E-state index < -0.39 is 11.7 Å². The van der Waals surface area contributed by atoms with Gasteiger partial charge in [0.2, 0.25) is 0 Å². The molecule has 0 radical (unpaired) electrons. The van der Waals surface area contributed by atoms with E-state index in [1.807, 2.05) is 32.1 Å². The molecular weight excluding hydrogens is 391 g/mol. The summed E-state index contributed by atoms with van der Waals surface area (Å²) in [6, 6.07) is 4.95. The second-order valence-corrected chi connectivity index (χ2v) is 8.08. The van der Waals surface area contributed by atoms with Gasteiger partial charge in [0.25, 0.3) is 5.91 Å². The normalized spacial score (nSPS) is 24.1. The maximum Gasteiger partial charge on any atom is 0.416 e. The molecule has 30 heavy (non-hydrogen) atoms. The maximum absolute atomic E-state index is 13.4. The predicted octanol–water partition coefficient (Wildman–Crippen LogP) is 4.78. The number of carbonyl (C=O) groups excluding carboxylic acids is 1. The minimum Gasteiger partial charge on any atom is -0.331 e. The molecule has 1 fully saturated rings. The van der Waals surface area contributed by atoms with Gasteiger partial charge in [-0.2, -0.15) is 18.3 Å². The third-order valence-corrected chi connectivity index (χ3v) is 6.06. The third kappa shape index (κ3) is 3.80. The first kappa shape index (κ1) is 20.4. The van der Waals surface area contributed by atoms with Gasteiger partial charge in [0.1, 0.15) is 0 Å². The second kappa shape index (κ2) is 7.78. The van der Waals surface area contributed by atoms with Crippen LogP contribution in [0.25, 0.3) is 0 Å². The molecule has 0 bridgehead atoms. The number of nitrogens with one attached hydrogen (secondary N) is 1. The highest BCUT2D eigenvalue weighted by Gasteiger charge is 2.37. The molecule has 4 rings (SSSR count). The van der Waals surface area contributed by atoms with Crippen LogP contribution in [0, 0.1) is 5.92 Å². The minimum atomic E-state index is -4.37. The second-order valence-electron chi connectivity index (χ2n) is 8.08. The van der Waals surface area contributed by atoms with Crippen LogP contribution in [0.4, 0.5) is 13.2 Å². The molecule has 1 aliphatic carbocycles. The van der Waals surface area contributed by atoms with Gasteiger partial charge in [-0.25, -0.2) is 0 Å². The Morgan fingerprint density at radius 1 is 1.23 bits per heavy atom. The Morgan fingerprint density at radius 3 is 2.67 bits per heavy atom. The summed E-state index contributed by atoms with van der Waals surface area (Å²) in [5.41, 5.74) is 6.67. The van der Waals surface area contributed by atoms with Gasteiger partial charge in [0.05, 0.1) is 23.9 Å². The SMILES string of the molecule is CC1=NNCC2=C1C=C(C(=O)N1CCC(C)C1c1ccc(C(F)(F)F)cc1)C=CC2. The number of carbonyl (C=O) groups is 1. The van der Waals surface area contributed by atoms with Crippen molar-refractivity contribution in [2.24, 2.45) is 11.0 Å². The lowest BCUT2D eigenvalue weighted by Gasteiger charge is -2.28. The van der Waals surface area contributed by atoms with Gasteiger partial charge in [-0.05, 0) is 60.6 Å². The Labute approximate surface area is 173 Å². The van der Waals surface area contributed by atoms with Gasteiger partial charge in [-0.3, -0.25) is 4.79 Å². The Kier molecular flexibility index (Phi) is 5.30. The van der Waals surface area contributed by atoms with E-state index in [-0.39, 0.29) is 17.9 Å². The highest BCUT2D eigenvalue weighted by atomic mass is 19.4. The van der Waals surface area contributed by atoms with Gasteiger partial charge in [-0.1, -0.05) is 31.2 Å². The Balaban J connectivity index is 1.63. The highest BCUT2D eigenvalue weighted by molar-refractivity contribution is 6.06. The molecule has 3 aliphatic rings. The summed E-state index contributed by atoms with van der Waals surface area (Å²) in [6.07, 6.45) is 2.92. The van der Waals surface area contributed by atoms with Gasteiger partial charge < -0.3 is 10.3 Å². The van der Waals surface area contributed by atoms with Crippen LogP contribution in [-0.2, 0) is 11.0 Å². The minimum absolute atomic E-state index is 0.0967. The quantitative estimate of drug-likeness (QED) is 0.756. The Hall–Kier alpha value is -2.83. The maximum atomic E-state index is 13.4. The van der Waals surface area contributed by atoms with E-state index in [2.05, 4.69) is 10.5 Å². The van der Waals surface area contributed by atoms with Gasteiger partial charge >= 0.3 is 6.18 Å². The summed E-state index contributed by atoms with van der Waals surface area (Å²) in [5.74, 6) is 0.0681. The van der Waals surface area contributed by atoms with Crippen molar-refractivity contribution in [2.75, 3.05) is 13.1 Å². The number of alkyl halides is 3. The first-order valence-electron chi connectivity index (χ1n) is 10.1. The molecule has 1 aromatic carbocycles. The van der Waals surface area contributed by atoms with Crippen LogP contribution in [0.3, 0.4) is 0 Å². The number of hydrazone groups is 1. The molecule has 0 aromatic heterocycles. The topological polar surface area (TPSA) is 44.7 Å². The fraction of sp³-hybridized carbons (Fsp3) is 0.391. The monoisotopic (exact) mass is 415 g/mol. The lowest BCUT2D eigenvalue weighted by atomic mass is 9.94. The number of likely N-dealkylation sites (tertiary alicyclic amines) is 1. The number of nitrogens with zero attached hydrogens (tertiary/aromatic N) is 2. The molecule has 0 spiro atoms. The van der Waals surface area contributed by atoms with E-state index >= 15 is 0 Å². The summed E-state index contributed by atoms with van der Waals surface area (Å²) in [4.78, 5) is 15.2. The Bertz CT molecular complexity index is 970. The molecule has 1 aromatic rings. The first-order chi connectivity index (χ1) is 14.3. The van der Waals surface area contributed by atoms with Crippen molar-refractivity contribution in [3.8, 4) is 0 Å². The zero-order chi connectivity index (χ0) is 21.5. The summed E-state index contributed by atoms with van der Waals surface area (Å²) < 4.78 is 38.8. The zero-order valence-electron chi connectivity index (χ0n) is 17.0. The molecule has 2 aliphatic heterocycles. The molecule has 2 atom stereocenters. The fourth-order valence-electron chi connectivity index (χ4n) is 4.44. The summed E-state index contributed by atoms with van der Waals surface area (Å²) in [5, 5.41) is 4.27. The lowest BCUT2D eigenvalue weighted by molar-refractivity contribution is -0.137. The van der Waals surface area contributed by atoms with Crippen molar-refractivity contribution in [3.05, 3.63) is 70.3 Å². The van der Waals surface area contributed by atoms with Gasteiger partial charge in [-0.15, -0.1) is 0 Å². The van der Waals surface area contributed by atoms with Crippen LogP contribution >= 0.6 is 0 Å². The summed E-state index contributed by atoms with van der Waals surface area (Å²) in [7, 11) is 0. The molecule has 7 heteroatoms. The molecule has 2 heterocycles. The van der Waals surface area contributed by atoms with E-state index in [0.29, 0.717) is 18.7 Å². The highest BCUT2D eigenvalue weighted by Crippen LogP contribution is 2.39. The standard InChI is InChI=1S/C23H24F3N3O/c1-14-10-11-29(21(14)16-6-8-19(9-7-16)23(24,25)26)22(30)17-4-3-5-18-13-27-28-15(2)20(18)12-17/h3-4,6-9,12,14,21,27H,5,10-11,13H2,1-2H3. The van der Waals surface area contributed by atoms with E-state index in [9.17, 15) is 18.0 Å². The molecule has 1 saturated heterocycles. The van der Waals surface area contributed by atoms with Crippen LogP contribution in [0.2, 0.25) is 0 Å². The molecule has 158 valence electrons. The number of hydrogen-bond acceptors (Lipinski definition) is 3. The van der Waals surface area contributed by atoms with Crippen LogP contribution in [0.15, 0.2) is 64.3 Å². The average molecular weight is 415 g/mol. The average Bonchev–Trinajstić information content (AvgIpc) is 2.95. The largest absolute Gasteiger partial charge is 0.416 e. The molecule has 1 N–H and O–H groups in total. The van der Waals surface area contributed by atoms with Crippen LogP contribution in [0.5, 0.6) is 0 Å². The van der Waals surface area contributed by atoms with Crippen LogP contribution < -0.4 is 5.43 Å². The molecule has 0 saturated carbocycles. The fourth-order valence-corrected chi connectivity index (χ4v) is 4.44. The number of amides is 1. The smallest absolute Gasteiger partial charge is 0.331 e. The van der Waals surface area contributed by atoms with E-state index in [4.69, 9.17) is 0 Å². The third-order valence-electron chi connectivity index (χ3n) is 6.06. The lowest BCUT2D eigenvalue weighted by Crippen LogP contribution is -2.32. The van der Waals surface area contributed by atoms with Gasteiger partial charge in [0, 0.05) is 12.1 Å². The van der Waals surface area contributed by atoms with E-state index in [1.54, 1.807) is 4.90 Å². The van der Waals surface area contributed by atoms with Crippen molar-refractivity contribution < 1.29 is 18.0 Å².